The molecular formula is C23H32FNO5. The van der Waals surface area contributed by atoms with Crippen LogP contribution < -0.4 is 0 Å². The molecule has 0 spiro atoms. The Kier molecular flexibility index (Phi) is 7.83. The smallest absolute Gasteiger partial charge is 0.308 e. The van der Waals surface area contributed by atoms with E-state index in [2.05, 4.69) is 0 Å². The molecule has 2 fully saturated rings. The number of piperidine rings is 1. The van der Waals surface area contributed by atoms with Crippen molar-refractivity contribution in [2.75, 3.05) is 26.4 Å². The van der Waals surface area contributed by atoms with Gasteiger partial charge in [-0.25, -0.2) is 4.39 Å². The highest BCUT2D eigenvalue weighted by molar-refractivity contribution is 5.81. The number of benzene rings is 1. The van der Waals surface area contributed by atoms with Gasteiger partial charge in [0, 0.05) is 18.9 Å². The molecule has 2 atom stereocenters. The second kappa shape index (κ2) is 10.4. The number of hydrogen-bond acceptors (Lipinski definition) is 5. The Morgan fingerprint density at radius 1 is 1.37 bits per heavy atom. The van der Waals surface area contributed by atoms with Gasteiger partial charge in [0.05, 0.1) is 32.3 Å². The van der Waals surface area contributed by atoms with Crippen LogP contribution in [0.5, 0.6) is 0 Å². The van der Waals surface area contributed by atoms with Crippen molar-refractivity contribution in [2.45, 2.75) is 64.2 Å². The van der Waals surface area contributed by atoms with Gasteiger partial charge >= 0.3 is 5.97 Å². The molecule has 6 nitrogen and oxygen atoms in total. The number of likely N-dealkylation sites (tertiary alicyclic amines) is 1. The summed E-state index contributed by atoms with van der Waals surface area (Å²) in [7, 11) is 0. The van der Waals surface area contributed by atoms with Gasteiger partial charge in [0.1, 0.15) is 5.82 Å². The summed E-state index contributed by atoms with van der Waals surface area (Å²) < 4.78 is 30.3. The SMILES string of the molecule is CCOC(=O)C[C@@H](c1cccc(F)c1)N1CCCC(CCCC2(C)OCCO2)C1=O. The van der Waals surface area contributed by atoms with E-state index in [4.69, 9.17) is 14.2 Å². The Balaban J connectivity index is 1.68. The van der Waals surface area contributed by atoms with Gasteiger partial charge in [-0.15, -0.1) is 0 Å². The zero-order valence-electron chi connectivity index (χ0n) is 17.9. The lowest BCUT2D eigenvalue weighted by atomic mass is 9.88. The van der Waals surface area contributed by atoms with E-state index in [9.17, 15) is 14.0 Å². The fraction of sp³-hybridized carbons (Fsp3) is 0.652. The van der Waals surface area contributed by atoms with Crippen LogP contribution >= 0.6 is 0 Å². The number of esters is 1. The van der Waals surface area contributed by atoms with E-state index in [1.54, 1.807) is 24.0 Å². The molecule has 3 rings (SSSR count). The third-order valence-corrected chi connectivity index (χ3v) is 5.94. The topological polar surface area (TPSA) is 65.1 Å². The molecule has 0 N–H and O–H groups in total. The van der Waals surface area contributed by atoms with Crippen molar-refractivity contribution in [1.29, 1.82) is 0 Å². The minimum absolute atomic E-state index is 0.0233. The largest absolute Gasteiger partial charge is 0.466 e. The quantitative estimate of drug-likeness (QED) is 0.564. The number of ether oxygens (including phenoxy) is 3. The van der Waals surface area contributed by atoms with Crippen molar-refractivity contribution in [3.63, 3.8) is 0 Å². The standard InChI is InChI=1S/C23H32FNO5/c1-3-28-21(26)16-20(18-7-4-10-19(24)15-18)25-12-6-9-17(22(25)27)8-5-11-23(2)29-13-14-30-23/h4,7,10,15,17,20H,3,5-6,8-9,11-14,16H2,1-2H3/t17?,20-/m0/s1. The number of amides is 1. The molecule has 0 bridgehead atoms. The number of carbonyl (C=O) groups is 2. The van der Waals surface area contributed by atoms with Crippen molar-refractivity contribution in [3.05, 3.63) is 35.6 Å². The number of halogens is 1. The van der Waals surface area contributed by atoms with Crippen molar-refractivity contribution >= 4 is 11.9 Å². The van der Waals surface area contributed by atoms with Crippen LogP contribution in [-0.4, -0.2) is 48.9 Å². The molecule has 2 aliphatic heterocycles. The molecule has 0 aliphatic carbocycles. The van der Waals surface area contributed by atoms with Gasteiger partial charge in [-0.2, -0.15) is 0 Å². The third kappa shape index (κ3) is 5.79. The van der Waals surface area contributed by atoms with E-state index in [-0.39, 0.29) is 36.6 Å². The van der Waals surface area contributed by atoms with Gasteiger partial charge in [-0.3, -0.25) is 9.59 Å². The van der Waals surface area contributed by atoms with E-state index < -0.39 is 11.8 Å². The Morgan fingerprint density at radius 3 is 2.83 bits per heavy atom. The van der Waals surface area contributed by atoms with Gasteiger partial charge in [-0.1, -0.05) is 12.1 Å². The van der Waals surface area contributed by atoms with E-state index in [1.165, 1.54) is 12.1 Å². The molecule has 30 heavy (non-hydrogen) atoms. The molecular weight excluding hydrogens is 389 g/mol. The number of carbonyl (C=O) groups excluding carboxylic acids is 2. The summed E-state index contributed by atoms with van der Waals surface area (Å²) in [5.74, 6) is -1.40. The highest BCUT2D eigenvalue weighted by atomic mass is 19.1. The summed E-state index contributed by atoms with van der Waals surface area (Å²) in [6.07, 6.45) is 4.01. The van der Waals surface area contributed by atoms with Crippen molar-refractivity contribution in [1.82, 2.24) is 4.90 Å². The fourth-order valence-corrected chi connectivity index (χ4v) is 4.42. The molecule has 2 saturated heterocycles. The highest BCUT2D eigenvalue weighted by Crippen LogP contribution is 2.34. The van der Waals surface area contributed by atoms with Crippen LogP contribution in [0.2, 0.25) is 0 Å². The molecule has 166 valence electrons. The second-order valence-corrected chi connectivity index (χ2v) is 8.17. The lowest BCUT2D eigenvalue weighted by Crippen LogP contribution is -2.44. The van der Waals surface area contributed by atoms with E-state index >= 15 is 0 Å². The van der Waals surface area contributed by atoms with Gasteiger partial charge in [0.15, 0.2) is 5.79 Å². The van der Waals surface area contributed by atoms with E-state index in [0.717, 1.165) is 32.1 Å². The second-order valence-electron chi connectivity index (χ2n) is 8.17. The Hall–Kier alpha value is -1.99. The zero-order chi connectivity index (χ0) is 21.6. The Labute approximate surface area is 177 Å². The zero-order valence-corrected chi connectivity index (χ0v) is 17.9. The average molecular weight is 422 g/mol. The average Bonchev–Trinajstić information content (AvgIpc) is 3.14. The van der Waals surface area contributed by atoms with Crippen LogP contribution in [0.25, 0.3) is 0 Å². The summed E-state index contributed by atoms with van der Waals surface area (Å²) in [6.45, 7) is 5.73. The van der Waals surface area contributed by atoms with Gasteiger partial charge in [-0.05, 0) is 57.2 Å². The molecule has 0 radical (unpaired) electrons. The molecule has 1 aromatic rings. The first-order chi connectivity index (χ1) is 14.4. The molecule has 2 aliphatic rings. The number of nitrogens with zero attached hydrogens (tertiary/aromatic N) is 1. The van der Waals surface area contributed by atoms with Crippen molar-refractivity contribution in [2.24, 2.45) is 5.92 Å². The first-order valence-corrected chi connectivity index (χ1v) is 10.9. The molecule has 1 aromatic carbocycles. The Morgan fingerprint density at radius 2 is 2.13 bits per heavy atom. The normalized spacial score (nSPS) is 22.2. The monoisotopic (exact) mass is 421 g/mol. The van der Waals surface area contributed by atoms with Crippen LogP contribution in [0.4, 0.5) is 4.39 Å². The first-order valence-electron chi connectivity index (χ1n) is 10.9. The van der Waals surface area contributed by atoms with Crippen LogP contribution in [0, 0.1) is 11.7 Å². The summed E-state index contributed by atoms with van der Waals surface area (Å²) in [6, 6.07) is 5.61. The minimum Gasteiger partial charge on any atom is -0.466 e. The van der Waals surface area contributed by atoms with E-state index in [1.807, 2.05) is 6.92 Å². The van der Waals surface area contributed by atoms with E-state index in [0.29, 0.717) is 25.3 Å². The number of rotatable bonds is 9. The third-order valence-electron chi connectivity index (χ3n) is 5.94. The van der Waals surface area contributed by atoms with Crippen LogP contribution in [0.3, 0.4) is 0 Å². The lowest BCUT2D eigenvalue weighted by molar-refractivity contribution is -0.152. The van der Waals surface area contributed by atoms with Crippen LogP contribution in [-0.2, 0) is 23.8 Å². The predicted octanol–water partition coefficient (Wildman–Crippen LogP) is 3.99. The molecule has 1 unspecified atom stereocenters. The summed E-state index contributed by atoms with van der Waals surface area (Å²) in [5.41, 5.74) is 0.623. The highest BCUT2D eigenvalue weighted by Gasteiger charge is 2.36. The van der Waals surface area contributed by atoms with Gasteiger partial charge in [0.2, 0.25) is 5.91 Å². The number of hydrogen-bond donors (Lipinski definition) is 0. The minimum atomic E-state index is -0.550. The summed E-state index contributed by atoms with van der Waals surface area (Å²) in [4.78, 5) is 27.2. The summed E-state index contributed by atoms with van der Waals surface area (Å²) in [5, 5.41) is 0. The molecule has 0 saturated carbocycles. The molecule has 0 aromatic heterocycles. The summed E-state index contributed by atoms with van der Waals surface area (Å²) >= 11 is 0. The van der Waals surface area contributed by atoms with Crippen LogP contribution in [0.1, 0.15) is 64.0 Å². The van der Waals surface area contributed by atoms with Gasteiger partial charge in [0.25, 0.3) is 0 Å². The molecule has 1 amide bonds. The fourth-order valence-electron chi connectivity index (χ4n) is 4.42. The van der Waals surface area contributed by atoms with Crippen molar-refractivity contribution < 1.29 is 28.2 Å². The maximum absolute atomic E-state index is 13.9. The van der Waals surface area contributed by atoms with Crippen LogP contribution in [0.15, 0.2) is 24.3 Å². The van der Waals surface area contributed by atoms with Gasteiger partial charge < -0.3 is 19.1 Å². The van der Waals surface area contributed by atoms with Crippen molar-refractivity contribution in [3.8, 4) is 0 Å². The lowest BCUT2D eigenvalue weighted by Gasteiger charge is -2.38. The Bertz CT molecular complexity index is 734. The maximum atomic E-state index is 13.9. The predicted molar refractivity (Wildman–Crippen MR) is 109 cm³/mol. The molecule has 7 heteroatoms. The molecule has 2 heterocycles. The first kappa shape index (κ1) is 22.7. The maximum Gasteiger partial charge on any atom is 0.308 e.